The van der Waals surface area contributed by atoms with E-state index in [1.807, 2.05) is 0 Å². The molecule has 0 radical (unpaired) electrons. The van der Waals surface area contributed by atoms with Gasteiger partial charge >= 0.3 is 0 Å². The van der Waals surface area contributed by atoms with Crippen LogP contribution in [0.4, 0.5) is 17.1 Å². The van der Waals surface area contributed by atoms with E-state index in [4.69, 9.17) is 4.42 Å². The van der Waals surface area contributed by atoms with Crippen molar-refractivity contribution < 1.29 is 4.42 Å². The fraction of sp³-hybridized carbons (Fsp3) is 0.0233. The average molecular weight is 604 g/mol. The van der Waals surface area contributed by atoms with Crippen LogP contribution in [0.25, 0.3) is 60.6 Å². The van der Waals surface area contributed by atoms with Gasteiger partial charge in [-0.2, -0.15) is 0 Å². The van der Waals surface area contributed by atoms with Gasteiger partial charge in [-0.25, -0.2) is 0 Å². The van der Waals surface area contributed by atoms with Crippen LogP contribution in [0.3, 0.4) is 0 Å². The molecule has 0 saturated carbocycles. The molecule has 1 atom stereocenters. The van der Waals surface area contributed by atoms with Crippen LogP contribution in [0.15, 0.2) is 168 Å². The molecule has 0 aliphatic carbocycles. The van der Waals surface area contributed by atoms with E-state index in [0.29, 0.717) is 0 Å². The third kappa shape index (κ3) is 3.95. The first-order valence-corrected chi connectivity index (χ1v) is 16.1. The number of benzene rings is 7. The van der Waals surface area contributed by atoms with E-state index < -0.39 is 0 Å². The Labute approximate surface area is 271 Å². The van der Waals surface area contributed by atoms with Gasteiger partial charge in [0.05, 0.1) is 22.4 Å². The van der Waals surface area contributed by atoms with E-state index in [9.17, 15) is 0 Å². The van der Waals surface area contributed by atoms with Crippen molar-refractivity contribution in [1.29, 1.82) is 0 Å². The molecule has 7 aromatic carbocycles. The molecule has 4 nitrogen and oxygen atoms in total. The molecule has 1 aliphatic rings. The van der Waals surface area contributed by atoms with Gasteiger partial charge in [-0.15, -0.1) is 0 Å². The summed E-state index contributed by atoms with van der Waals surface area (Å²) in [7, 11) is 0. The van der Waals surface area contributed by atoms with Gasteiger partial charge in [0.15, 0.2) is 0 Å². The minimum absolute atomic E-state index is 0.00586. The smallest absolute Gasteiger partial charge is 0.137 e. The Balaban J connectivity index is 1.06. The number of aromatic nitrogens is 1. The van der Waals surface area contributed by atoms with Crippen LogP contribution in [-0.4, -0.2) is 4.57 Å². The molecule has 0 bridgehead atoms. The molecule has 1 unspecified atom stereocenters. The summed E-state index contributed by atoms with van der Waals surface area (Å²) in [6.07, 6.45) is -0.00586. The Kier molecular flexibility index (Phi) is 5.60. The molecule has 2 aromatic heterocycles. The summed E-state index contributed by atoms with van der Waals surface area (Å²) >= 11 is 0. The van der Waals surface area contributed by atoms with E-state index >= 15 is 0 Å². The van der Waals surface area contributed by atoms with Crippen molar-refractivity contribution in [3.63, 3.8) is 0 Å². The van der Waals surface area contributed by atoms with Crippen LogP contribution in [0, 0.1) is 0 Å². The highest BCUT2D eigenvalue weighted by atomic mass is 16.3. The van der Waals surface area contributed by atoms with Gasteiger partial charge in [-0.3, -0.25) is 0 Å². The molecule has 222 valence electrons. The van der Waals surface area contributed by atoms with Crippen molar-refractivity contribution in [1.82, 2.24) is 4.57 Å². The fourth-order valence-corrected chi connectivity index (χ4v) is 7.51. The van der Waals surface area contributed by atoms with Crippen LogP contribution in [0.1, 0.15) is 11.7 Å². The number of nitrogens with one attached hydrogen (secondary N) is 1. The van der Waals surface area contributed by atoms with Gasteiger partial charge in [0.2, 0.25) is 0 Å². The second-order valence-corrected chi connectivity index (χ2v) is 12.2. The van der Waals surface area contributed by atoms with Gasteiger partial charge in [-0.05, 0) is 71.3 Å². The van der Waals surface area contributed by atoms with Crippen LogP contribution in [-0.2, 0) is 0 Å². The minimum Gasteiger partial charge on any atom is -0.456 e. The molecule has 3 heterocycles. The summed E-state index contributed by atoms with van der Waals surface area (Å²) < 4.78 is 8.89. The average Bonchev–Trinajstić information content (AvgIpc) is 3.81. The zero-order chi connectivity index (χ0) is 30.9. The maximum atomic E-state index is 6.55. The molecule has 0 spiro atoms. The SMILES string of the molecule is c1ccc(N2c3ccccc3NC2c2ccc(-c3cccc4oc5cc(-n6c7ccccc7c7ccccc76)ccc5c34)cc2)cc1. The number of para-hydroxylation sites is 5. The predicted molar refractivity (Wildman–Crippen MR) is 195 cm³/mol. The standard InChI is InChI=1S/C43H29N3O/c1-2-11-30(12-3-1)46-39-19-9-6-16-36(39)44-43(46)29-23-21-28(22-24-29)32-15-10-20-40-42(32)35-26-25-31(27-41(35)47-40)45-37-17-7-4-13-33(37)34-14-5-8-18-38(34)45/h1-27,43-44H. The van der Waals surface area contributed by atoms with Crippen molar-refractivity contribution in [2.24, 2.45) is 0 Å². The van der Waals surface area contributed by atoms with Crippen molar-refractivity contribution in [2.45, 2.75) is 6.17 Å². The maximum absolute atomic E-state index is 6.55. The van der Waals surface area contributed by atoms with E-state index in [-0.39, 0.29) is 6.17 Å². The van der Waals surface area contributed by atoms with Gasteiger partial charge in [0, 0.05) is 39.0 Å². The van der Waals surface area contributed by atoms with Crippen LogP contribution >= 0.6 is 0 Å². The molecular weight excluding hydrogens is 574 g/mol. The van der Waals surface area contributed by atoms with Crippen LogP contribution < -0.4 is 10.2 Å². The topological polar surface area (TPSA) is 33.3 Å². The van der Waals surface area contributed by atoms with E-state index in [1.54, 1.807) is 0 Å². The lowest BCUT2D eigenvalue weighted by molar-refractivity contribution is 0.668. The quantitative estimate of drug-likeness (QED) is 0.217. The van der Waals surface area contributed by atoms with Crippen molar-refractivity contribution in [3.8, 4) is 16.8 Å². The summed E-state index contributed by atoms with van der Waals surface area (Å²) in [5.74, 6) is 0. The highest BCUT2D eigenvalue weighted by Gasteiger charge is 2.31. The zero-order valence-corrected chi connectivity index (χ0v) is 25.5. The summed E-state index contributed by atoms with van der Waals surface area (Å²) in [6.45, 7) is 0. The summed E-state index contributed by atoms with van der Waals surface area (Å²) in [5.41, 5.74) is 12.3. The Morgan fingerprint density at radius 2 is 1.21 bits per heavy atom. The number of rotatable bonds is 4. The molecule has 10 rings (SSSR count). The number of hydrogen-bond acceptors (Lipinski definition) is 3. The third-order valence-electron chi connectivity index (χ3n) is 9.60. The Morgan fingerprint density at radius 1 is 0.511 bits per heavy atom. The summed E-state index contributed by atoms with van der Waals surface area (Å²) in [5, 5.41) is 8.52. The molecule has 9 aromatic rings. The first kappa shape index (κ1) is 26.0. The number of furan rings is 1. The lowest BCUT2D eigenvalue weighted by Gasteiger charge is -2.27. The molecule has 0 amide bonds. The highest BCUT2D eigenvalue weighted by molar-refractivity contribution is 6.13. The second kappa shape index (κ2) is 10.1. The molecule has 1 N–H and O–H groups in total. The number of fused-ring (bicyclic) bond motifs is 7. The minimum atomic E-state index is -0.00586. The van der Waals surface area contributed by atoms with E-state index in [0.717, 1.165) is 44.6 Å². The van der Waals surface area contributed by atoms with Crippen LogP contribution in [0.2, 0.25) is 0 Å². The Morgan fingerprint density at radius 3 is 2.00 bits per heavy atom. The summed E-state index contributed by atoms with van der Waals surface area (Å²) in [6, 6.07) is 58.3. The lowest BCUT2D eigenvalue weighted by Crippen LogP contribution is -2.23. The third-order valence-corrected chi connectivity index (χ3v) is 9.60. The summed E-state index contributed by atoms with van der Waals surface area (Å²) in [4.78, 5) is 2.38. The first-order valence-electron chi connectivity index (χ1n) is 16.1. The fourth-order valence-electron chi connectivity index (χ4n) is 7.51. The predicted octanol–water partition coefficient (Wildman–Crippen LogP) is 11.6. The van der Waals surface area contributed by atoms with Crippen LogP contribution in [0.5, 0.6) is 0 Å². The first-order chi connectivity index (χ1) is 23.3. The molecule has 47 heavy (non-hydrogen) atoms. The lowest BCUT2D eigenvalue weighted by atomic mass is 9.98. The monoisotopic (exact) mass is 603 g/mol. The Hall–Kier alpha value is -6.26. The highest BCUT2D eigenvalue weighted by Crippen LogP contribution is 2.46. The number of nitrogens with zero attached hydrogens (tertiary/aromatic N) is 2. The van der Waals surface area contributed by atoms with Gasteiger partial charge < -0.3 is 19.2 Å². The van der Waals surface area contributed by atoms with E-state index in [2.05, 4.69) is 179 Å². The van der Waals surface area contributed by atoms with Gasteiger partial charge in [0.25, 0.3) is 0 Å². The zero-order valence-electron chi connectivity index (χ0n) is 25.5. The molecule has 4 heteroatoms. The Bertz CT molecular complexity index is 2560. The molecule has 1 aliphatic heterocycles. The molecular formula is C43H29N3O. The van der Waals surface area contributed by atoms with E-state index in [1.165, 1.54) is 38.6 Å². The number of anilines is 3. The second-order valence-electron chi connectivity index (χ2n) is 12.2. The van der Waals surface area contributed by atoms with Crippen molar-refractivity contribution in [2.75, 3.05) is 10.2 Å². The maximum Gasteiger partial charge on any atom is 0.137 e. The molecule has 0 fully saturated rings. The normalized spacial score (nSPS) is 14.3. The molecule has 0 saturated heterocycles. The van der Waals surface area contributed by atoms with Crippen molar-refractivity contribution in [3.05, 3.63) is 169 Å². The van der Waals surface area contributed by atoms with Crippen molar-refractivity contribution >= 4 is 60.8 Å². The number of hydrogen-bond donors (Lipinski definition) is 1. The van der Waals surface area contributed by atoms with Gasteiger partial charge in [-0.1, -0.05) is 103 Å². The largest absolute Gasteiger partial charge is 0.456 e. The van der Waals surface area contributed by atoms with Gasteiger partial charge in [0.1, 0.15) is 17.3 Å².